The Hall–Kier alpha value is -1.99. The van der Waals surface area contributed by atoms with Crippen LogP contribution in [-0.2, 0) is 11.3 Å². The van der Waals surface area contributed by atoms with Gasteiger partial charge in [0.25, 0.3) is 0 Å². The number of hydrogen-bond acceptors (Lipinski definition) is 3. The van der Waals surface area contributed by atoms with Crippen molar-refractivity contribution in [1.29, 1.82) is 0 Å². The van der Waals surface area contributed by atoms with Crippen LogP contribution in [0.25, 0.3) is 11.0 Å². The number of rotatable bonds is 4. The molecule has 0 fully saturated rings. The number of imidazole rings is 1. The molecule has 2 aromatic carbocycles. The number of aromatic nitrogens is 2. The first-order valence-corrected chi connectivity index (χ1v) is 8.00. The lowest BCUT2D eigenvalue weighted by molar-refractivity contribution is 0.0387. The Morgan fingerprint density at radius 1 is 1.29 bits per heavy atom. The number of carbonyl (C=O) groups excluding carboxylic acids is 1. The molecule has 0 bridgehead atoms. The molecule has 0 aliphatic heterocycles. The summed E-state index contributed by atoms with van der Waals surface area (Å²) in [6.07, 6.45) is 0. The van der Waals surface area contributed by atoms with Gasteiger partial charge in [-0.05, 0) is 30.3 Å². The van der Waals surface area contributed by atoms with Crippen molar-refractivity contribution < 1.29 is 18.3 Å². The molecule has 0 amide bonds. The van der Waals surface area contributed by atoms with Gasteiger partial charge in [0.1, 0.15) is 6.61 Å². The van der Waals surface area contributed by atoms with Crippen molar-refractivity contribution in [3.8, 4) is 0 Å². The van der Waals surface area contributed by atoms with Crippen molar-refractivity contribution in [2.24, 2.45) is 0 Å². The predicted molar refractivity (Wildman–Crippen MR) is 89.3 cm³/mol. The molecule has 1 heterocycles. The third-order valence-electron chi connectivity index (χ3n) is 3.34. The van der Waals surface area contributed by atoms with Crippen LogP contribution >= 0.6 is 27.5 Å². The molecular weight excluding hydrogens is 406 g/mol. The van der Waals surface area contributed by atoms with Crippen LogP contribution in [0.1, 0.15) is 22.7 Å². The van der Waals surface area contributed by atoms with Gasteiger partial charge in [-0.25, -0.2) is 9.78 Å². The first kappa shape index (κ1) is 16.9. The van der Waals surface area contributed by atoms with Gasteiger partial charge in [-0.15, -0.1) is 0 Å². The fourth-order valence-corrected chi connectivity index (χ4v) is 2.83. The summed E-state index contributed by atoms with van der Waals surface area (Å²) in [5, 5.41) is 0.213. The van der Waals surface area contributed by atoms with Crippen LogP contribution < -0.4 is 0 Å². The van der Waals surface area contributed by atoms with Crippen molar-refractivity contribution >= 4 is 44.5 Å². The Balaban J connectivity index is 1.86. The van der Waals surface area contributed by atoms with E-state index in [0.29, 0.717) is 9.99 Å². The molecule has 4 nitrogen and oxygen atoms in total. The number of para-hydroxylation sites is 2. The second-order valence-electron chi connectivity index (χ2n) is 4.86. The van der Waals surface area contributed by atoms with Gasteiger partial charge in [-0.2, -0.15) is 8.78 Å². The number of halogens is 4. The lowest BCUT2D eigenvalue weighted by Gasteiger charge is -2.09. The molecule has 0 spiro atoms. The number of alkyl halides is 2. The molecule has 0 radical (unpaired) electrons. The van der Waals surface area contributed by atoms with Crippen LogP contribution in [0.5, 0.6) is 0 Å². The Kier molecular flexibility index (Phi) is 4.82. The van der Waals surface area contributed by atoms with Crippen LogP contribution in [0.2, 0.25) is 5.02 Å². The first-order valence-electron chi connectivity index (χ1n) is 6.83. The fraction of sp³-hybridized carbons (Fsp3) is 0.125. The summed E-state index contributed by atoms with van der Waals surface area (Å²) in [4.78, 5) is 16.2. The number of fused-ring (bicyclic) bond motifs is 1. The van der Waals surface area contributed by atoms with Crippen molar-refractivity contribution in [1.82, 2.24) is 9.55 Å². The number of hydrogen-bond donors (Lipinski definition) is 0. The molecule has 0 unspecified atom stereocenters. The second-order valence-corrected chi connectivity index (χ2v) is 6.19. The Bertz CT molecular complexity index is 914. The zero-order chi connectivity index (χ0) is 17.3. The number of esters is 1. The first-order chi connectivity index (χ1) is 11.5. The van der Waals surface area contributed by atoms with Gasteiger partial charge in [-0.3, -0.25) is 4.57 Å². The highest BCUT2D eigenvalue weighted by molar-refractivity contribution is 9.10. The minimum atomic E-state index is -2.79. The summed E-state index contributed by atoms with van der Waals surface area (Å²) < 4.78 is 33.1. The van der Waals surface area contributed by atoms with Gasteiger partial charge >= 0.3 is 12.5 Å². The van der Waals surface area contributed by atoms with Gasteiger partial charge in [0.15, 0.2) is 5.82 Å². The molecule has 0 saturated heterocycles. The lowest BCUT2D eigenvalue weighted by Crippen LogP contribution is -2.11. The molecule has 0 saturated carbocycles. The smallest absolute Gasteiger partial charge is 0.340 e. The Morgan fingerprint density at radius 2 is 2.04 bits per heavy atom. The summed E-state index contributed by atoms with van der Waals surface area (Å²) in [6, 6.07) is 11.2. The maximum Gasteiger partial charge on any atom is 0.340 e. The molecule has 8 heteroatoms. The molecular formula is C16H10BrClF2N2O2. The average Bonchev–Trinajstić information content (AvgIpc) is 2.93. The molecule has 1 aromatic heterocycles. The van der Waals surface area contributed by atoms with Crippen molar-refractivity contribution in [3.63, 3.8) is 0 Å². The molecule has 0 N–H and O–H groups in total. The maximum absolute atomic E-state index is 13.3. The van der Waals surface area contributed by atoms with Crippen LogP contribution in [0.3, 0.4) is 0 Å². The molecule has 0 aliphatic carbocycles. The molecule has 0 atom stereocenters. The van der Waals surface area contributed by atoms with E-state index < -0.39 is 12.5 Å². The second kappa shape index (κ2) is 6.86. The van der Waals surface area contributed by atoms with E-state index >= 15 is 0 Å². The van der Waals surface area contributed by atoms with Gasteiger partial charge < -0.3 is 4.74 Å². The van der Waals surface area contributed by atoms with E-state index in [4.69, 9.17) is 16.3 Å². The van der Waals surface area contributed by atoms with E-state index in [1.165, 1.54) is 18.2 Å². The highest BCUT2D eigenvalue weighted by Gasteiger charge is 2.20. The number of nitrogens with zero attached hydrogens (tertiary/aromatic N) is 2. The zero-order valence-electron chi connectivity index (χ0n) is 12.0. The zero-order valence-corrected chi connectivity index (χ0v) is 14.4. The Morgan fingerprint density at radius 3 is 2.79 bits per heavy atom. The quantitative estimate of drug-likeness (QED) is 0.550. The molecule has 3 rings (SSSR count). The minimum Gasteiger partial charge on any atom is -0.454 e. The minimum absolute atomic E-state index is 0.0364. The number of carbonyl (C=O) groups is 1. The predicted octanol–water partition coefficient (Wildman–Crippen LogP) is 5.20. The van der Waals surface area contributed by atoms with Gasteiger partial charge in [0.05, 0.1) is 21.6 Å². The van der Waals surface area contributed by atoms with E-state index in [0.717, 1.165) is 4.57 Å². The largest absolute Gasteiger partial charge is 0.454 e. The summed E-state index contributed by atoms with van der Waals surface area (Å²) >= 11 is 9.19. The monoisotopic (exact) mass is 414 g/mol. The summed E-state index contributed by atoms with van der Waals surface area (Å²) in [5.74, 6) is -0.750. The van der Waals surface area contributed by atoms with E-state index in [9.17, 15) is 13.6 Å². The normalized spacial score (nSPS) is 11.2. The number of benzene rings is 2. The van der Waals surface area contributed by atoms with Gasteiger partial charge in [0, 0.05) is 4.47 Å². The third kappa shape index (κ3) is 3.27. The molecule has 24 heavy (non-hydrogen) atoms. The fourth-order valence-electron chi connectivity index (χ4n) is 2.28. The summed E-state index contributed by atoms with van der Waals surface area (Å²) in [7, 11) is 0. The van der Waals surface area contributed by atoms with Crippen molar-refractivity contribution in [3.05, 3.63) is 63.3 Å². The molecule has 0 aliphatic rings. The topological polar surface area (TPSA) is 44.1 Å². The Labute approximate surface area is 149 Å². The highest BCUT2D eigenvalue weighted by atomic mass is 79.9. The van der Waals surface area contributed by atoms with Crippen molar-refractivity contribution in [2.45, 2.75) is 13.2 Å². The maximum atomic E-state index is 13.3. The van der Waals surface area contributed by atoms with Crippen molar-refractivity contribution in [2.75, 3.05) is 0 Å². The van der Waals surface area contributed by atoms with E-state index in [2.05, 4.69) is 20.9 Å². The van der Waals surface area contributed by atoms with Crippen LogP contribution in [0, 0.1) is 0 Å². The summed E-state index contributed by atoms with van der Waals surface area (Å²) in [5.41, 5.74) is 0.828. The SMILES string of the molecule is O=C(OCc1nc2ccccc2n1C(F)F)c1cc(Br)ccc1Cl. The summed E-state index contributed by atoms with van der Waals surface area (Å²) in [6.45, 7) is -3.18. The van der Waals surface area contributed by atoms with Gasteiger partial charge in [0.2, 0.25) is 0 Å². The highest BCUT2D eigenvalue weighted by Crippen LogP contribution is 2.25. The van der Waals surface area contributed by atoms with Crippen LogP contribution in [0.15, 0.2) is 46.9 Å². The average molecular weight is 416 g/mol. The number of ether oxygens (including phenoxy) is 1. The third-order valence-corrected chi connectivity index (χ3v) is 4.17. The van der Waals surface area contributed by atoms with E-state index in [1.807, 2.05) is 0 Å². The van der Waals surface area contributed by atoms with E-state index in [1.54, 1.807) is 24.3 Å². The van der Waals surface area contributed by atoms with Crippen LogP contribution in [-0.4, -0.2) is 15.5 Å². The standard InChI is InChI=1S/C16H10BrClF2N2O2/c17-9-5-6-11(18)10(7-9)15(23)24-8-14-21-12-3-1-2-4-13(12)22(14)16(19)20/h1-7,16H,8H2. The van der Waals surface area contributed by atoms with E-state index in [-0.39, 0.29) is 28.5 Å². The lowest BCUT2D eigenvalue weighted by atomic mass is 10.2. The van der Waals surface area contributed by atoms with Gasteiger partial charge in [-0.1, -0.05) is 39.7 Å². The molecule has 124 valence electrons. The van der Waals surface area contributed by atoms with Crippen LogP contribution in [0.4, 0.5) is 8.78 Å². The molecule has 3 aromatic rings.